The van der Waals surface area contributed by atoms with Crippen LogP contribution in [0.15, 0.2) is 48.5 Å². The predicted molar refractivity (Wildman–Crippen MR) is 104 cm³/mol. The molecule has 2 aliphatic rings. The highest BCUT2D eigenvalue weighted by atomic mass is 35.5. The van der Waals surface area contributed by atoms with Crippen molar-refractivity contribution in [3.8, 4) is 0 Å². The van der Waals surface area contributed by atoms with Gasteiger partial charge in [-0.2, -0.15) is 0 Å². The van der Waals surface area contributed by atoms with Crippen LogP contribution >= 0.6 is 12.4 Å². The molecule has 4 heteroatoms. The SMILES string of the molecule is Cl.O=C1c2ccccc2CCC1C1CCN(Cc2ccc(F)cc2)CC1. The molecule has 2 aromatic carbocycles. The van der Waals surface area contributed by atoms with Gasteiger partial charge in [0, 0.05) is 18.0 Å². The number of carbonyl (C=O) groups excluding carboxylic acids is 1. The first kappa shape index (κ1) is 19.1. The summed E-state index contributed by atoms with van der Waals surface area (Å²) >= 11 is 0. The van der Waals surface area contributed by atoms with Gasteiger partial charge < -0.3 is 0 Å². The molecule has 0 saturated carbocycles. The van der Waals surface area contributed by atoms with Crippen LogP contribution in [0.1, 0.15) is 40.7 Å². The molecule has 4 rings (SSSR count). The molecule has 1 aliphatic heterocycles. The van der Waals surface area contributed by atoms with Crippen LogP contribution in [-0.2, 0) is 13.0 Å². The Balaban J connectivity index is 0.00000196. The zero-order valence-corrected chi connectivity index (χ0v) is 15.7. The molecule has 1 atom stereocenters. The van der Waals surface area contributed by atoms with E-state index in [9.17, 15) is 9.18 Å². The Morgan fingerprint density at radius 2 is 1.65 bits per heavy atom. The molecule has 2 nitrogen and oxygen atoms in total. The normalized spacial score (nSPS) is 21.1. The summed E-state index contributed by atoms with van der Waals surface area (Å²) in [6.07, 6.45) is 4.19. The third-order valence-corrected chi connectivity index (χ3v) is 5.86. The average molecular weight is 374 g/mol. The Morgan fingerprint density at radius 1 is 0.962 bits per heavy atom. The number of halogens is 2. The highest BCUT2D eigenvalue weighted by molar-refractivity contribution is 6.00. The fraction of sp³-hybridized carbons (Fsp3) is 0.409. The van der Waals surface area contributed by atoms with Crippen LogP contribution in [0.25, 0.3) is 0 Å². The number of Topliss-reactive ketones (excluding diaryl/α,β-unsaturated/α-hetero) is 1. The van der Waals surface area contributed by atoms with Gasteiger partial charge in [-0.15, -0.1) is 12.4 Å². The summed E-state index contributed by atoms with van der Waals surface area (Å²) in [5.74, 6) is 0.880. The second-order valence-electron chi connectivity index (χ2n) is 7.41. The molecule has 0 spiro atoms. The standard InChI is InChI=1S/C22H24FNO.ClH/c23-19-8-5-16(6-9-19)15-24-13-11-18(12-14-24)21-10-7-17-3-1-2-4-20(17)22(21)25;/h1-6,8-9,18,21H,7,10-15H2;1H. The summed E-state index contributed by atoms with van der Waals surface area (Å²) in [5, 5.41) is 0. The number of aryl methyl sites for hydroxylation is 1. The van der Waals surface area contributed by atoms with Crippen molar-refractivity contribution in [2.75, 3.05) is 13.1 Å². The lowest BCUT2D eigenvalue weighted by molar-refractivity contribution is 0.0761. The highest BCUT2D eigenvalue weighted by Gasteiger charge is 2.34. The zero-order chi connectivity index (χ0) is 17.2. The van der Waals surface area contributed by atoms with Crippen molar-refractivity contribution in [1.82, 2.24) is 4.90 Å². The van der Waals surface area contributed by atoms with Crippen LogP contribution in [0.4, 0.5) is 4.39 Å². The second kappa shape index (κ2) is 8.32. The first-order valence-corrected chi connectivity index (χ1v) is 9.29. The Hall–Kier alpha value is -1.71. The molecular formula is C22H25ClFNO. The van der Waals surface area contributed by atoms with E-state index in [-0.39, 0.29) is 24.1 Å². The maximum absolute atomic E-state index is 13.0. The van der Waals surface area contributed by atoms with Crippen molar-refractivity contribution in [3.63, 3.8) is 0 Å². The Labute approximate surface area is 160 Å². The highest BCUT2D eigenvalue weighted by Crippen LogP contribution is 2.35. The first-order valence-electron chi connectivity index (χ1n) is 9.29. The summed E-state index contributed by atoms with van der Waals surface area (Å²) < 4.78 is 13.0. The second-order valence-corrected chi connectivity index (χ2v) is 7.41. The van der Waals surface area contributed by atoms with E-state index in [4.69, 9.17) is 0 Å². The third-order valence-electron chi connectivity index (χ3n) is 5.86. The minimum absolute atomic E-state index is 0. The number of carbonyl (C=O) groups is 1. The summed E-state index contributed by atoms with van der Waals surface area (Å²) in [6, 6.07) is 14.9. The lowest BCUT2D eigenvalue weighted by Crippen LogP contribution is -2.39. The topological polar surface area (TPSA) is 20.3 Å². The van der Waals surface area contributed by atoms with Gasteiger partial charge in [-0.1, -0.05) is 36.4 Å². The molecular weight excluding hydrogens is 349 g/mol. The van der Waals surface area contributed by atoms with Crippen molar-refractivity contribution in [3.05, 3.63) is 71.0 Å². The maximum Gasteiger partial charge on any atom is 0.166 e. The molecule has 26 heavy (non-hydrogen) atoms. The van der Waals surface area contributed by atoms with Gasteiger partial charge in [0.2, 0.25) is 0 Å². The lowest BCUT2D eigenvalue weighted by atomic mass is 9.73. The van der Waals surface area contributed by atoms with Crippen LogP contribution < -0.4 is 0 Å². The number of rotatable bonds is 3. The molecule has 1 fully saturated rings. The number of benzene rings is 2. The molecule has 0 radical (unpaired) electrons. The number of hydrogen-bond acceptors (Lipinski definition) is 2. The number of fused-ring (bicyclic) bond motifs is 1. The van der Waals surface area contributed by atoms with E-state index in [1.807, 2.05) is 30.3 Å². The molecule has 1 heterocycles. The molecule has 0 amide bonds. The summed E-state index contributed by atoms with van der Waals surface area (Å²) in [6.45, 7) is 2.91. The van der Waals surface area contributed by atoms with Crippen molar-refractivity contribution in [1.29, 1.82) is 0 Å². The minimum Gasteiger partial charge on any atom is -0.299 e. The van der Waals surface area contributed by atoms with E-state index < -0.39 is 0 Å². The van der Waals surface area contributed by atoms with E-state index in [0.717, 1.165) is 56.4 Å². The maximum atomic E-state index is 13.0. The largest absolute Gasteiger partial charge is 0.299 e. The van der Waals surface area contributed by atoms with Crippen molar-refractivity contribution < 1.29 is 9.18 Å². The van der Waals surface area contributed by atoms with Gasteiger partial charge in [0.05, 0.1) is 0 Å². The summed E-state index contributed by atoms with van der Waals surface area (Å²) in [7, 11) is 0. The van der Waals surface area contributed by atoms with Crippen molar-refractivity contribution >= 4 is 18.2 Å². The van der Waals surface area contributed by atoms with Gasteiger partial charge in [-0.3, -0.25) is 9.69 Å². The van der Waals surface area contributed by atoms with Gasteiger partial charge >= 0.3 is 0 Å². The molecule has 1 saturated heterocycles. The number of piperidine rings is 1. The van der Waals surface area contributed by atoms with E-state index in [1.54, 1.807) is 0 Å². The van der Waals surface area contributed by atoms with E-state index in [0.29, 0.717) is 11.7 Å². The van der Waals surface area contributed by atoms with Crippen LogP contribution in [-0.4, -0.2) is 23.8 Å². The van der Waals surface area contributed by atoms with E-state index in [2.05, 4.69) is 11.0 Å². The summed E-state index contributed by atoms with van der Waals surface area (Å²) in [5.41, 5.74) is 3.33. The molecule has 1 unspecified atom stereocenters. The van der Waals surface area contributed by atoms with Crippen molar-refractivity contribution in [2.24, 2.45) is 11.8 Å². The van der Waals surface area contributed by atoms with Crippen LogP contribution in [0.2, 0.25) is 0 Å². The Bertz CT molecular complexity index is 753. The predicted octanol–water partition coefficient (Wildman–Crippen LogP) is 4.90. The Kier molecular flexibility index (Phi) is 6.10. The number of nitrogens with zero attached hydrogens (tertiary/aromatic N) is 1. The van der Waals surface area contributed by atoms with Crippen molar-refractivity contribution in [2.45, 2.75) is 32.2 Å². The van der Waals surface area contributed by atoms with Gasteiger partial charge in [-0.05, 0) is 68.0 Å². The van der Waals surface area contributed by atoms with E-state index in [1.165, 1.54) is 17.7 Å². The van der Waals surface area contributed by atoms with Gasteiger partial charge in [0.1, 0.15) is 5.82 Å². The quantitative estimate of drug-likeness (QED) is 0.762. The van der Waals surface area contributed by atoms with Gasteiger partial charge in [0.15, 0.2) is 5.78 Å². The molecule has 0 aromatic heterocycles. The molecule has 0 bridgehead atoms. The first-order chi connectivity index (χ1) is 12.2. The van der Waals surface area contributed by atoms with Crippen LogP contribution in [0.5, 0.6) is 0 Å². The molecule has 1 aliphatic carbocycles. The lowest BCUT2D eigenvalue weighted by Gasteiger charge is -2.37. The fourth-order valence-corrected chi connectivity index (χ4v) is 4.43. The smallest absolute Gasteiger partial charge is 0.166 e. The number of ketones is 1. The monoisotopic (exact) mass is 373 g/mol. The number of hydrogen-bond donors (Lipinski definition) is 0. The minimum atomic E-state index is -0.182. The van der Waals surface area contributed by atoms with Crippen LogP contribution in [0, 0.1) is 17.7 Å². The van der Waals surface area contributed by atoms with Crippen LogP contribution in [0.3, 0.4) is 0 Å². The van der Waals surface area contributed by atoms with Gasteiger partial charge in [0.25, 0.3) is 0 Å². The third kappa shape index (κ3) is 3.99. The van der Waals surface area contributed by atoms with Gasteiger partial charge in [-0.25, -0.2) is 4.39 Å². The fourth-order valence-electron chi connectivity index (χ4n) is 4.43. The molecule has 2 aromatic rings. The summed E-state index contributed by atoms with van der Waals surface area (Å²) in [4.78, 5) is 15.3. The molecule has 138 valence electrons. The zero-order valence-electron chi connectivity index (χ0n) is 14.9. The number of likely N-dealkylation sites (tertiary alicyclic amines) is 1. The Morgan fingerprint density at radius 3 is 2.38 bits per heavy atom. The van der Waals surface area contributed by atoms with E-state index >= 15 is 0 Å². The average Bonchev–Trinajstić information content (AvgIpc) is 2.65. The molecule has 0 N–H and O–H groups in total.